The number of hydrogen-bond acceptors (Lipinski definition) is 5. The average Bonchev–Trinajstić information content (AvgIpc) is 2.89. The summed E-state index contributed by atoms with van der Waals surface area (Å²) in [5, 5.41) is 0.842. The fourth-order valence-corrected chi connectivity index (χ4v) is 3.67. The molecule has 0 saturated carbocycles. The topological polar surface area (TPSA) is 46.1 Å². The van der Waals surface area contributed by atoms with E-state index in [0.29, 0.717) is 4.88 Å². The van der Waals surface area contributed by atoms with Gasteiger partial charge in [0.25, 0.3) is 5.91 Å². The molecule has 0 aliphatic rings. The molecule has 0 saturated heterocycles. The Bertz CT molecular complexity index is 613. The SMILES string of the molecule is CSCC(C)N(C)C(=O)c1sc(-c2cccnc2)nc1C. The van der Waals surface area contributed by atoms with E-state index in [4.69, 9.17) is 0 Å². The van der Waals surface area contributed by atoms with Crippen molar-refractivity contribution in [3.05, 3.63) is 35.1 Å². The molecular weight excluding hydrogens is 302 g/mol. The lowest BCUT2D eigenvalue weighted by Crippen LogP contribution is -2.36. The Balaban J connectivity index is 2.25. The lowest BCUT2D eigenvalue weighted by Gasteiger charge is -2.23. The molecule has 0 aromatic carbocycles. The van der Waals surface area contributed by atoms with Gasteiger partial charge >= 0.3 is 0 Å². The first kappa shape index (κ1) is 16.0. The van der Waals surface area contributed by atoms with Gasteiger partial charge < -0.3 is 4.90 Å². The third-order valence-electron chi connectivity index (χ3n) is 3.29. The Labute approximate surface area is 133 Å². The van der Waals surface area contributed by atoms with Crippen LogP contribution in [0.5, 0.6) is 0 Å². The summed E-state index contributed by atoms with van der Waals surface area (Å²) >= 11 is 3.18. The van der Waals surface area contributed by atoms with Crippen LogP contribution in [0.25, 0.3) is 10.6 Å². The van der Waals surface area contributed by atoms with Gasteiger partial charge in [-0.15, -0.1) is 11.3 Å². The number of aromatic nitrogens is 2. The quantitative estimate of drug-likeness (QED) is 0.847. The summed E-state index contributed by atoms with van der Waals surface area (Å²) in [5.74, 6) is 0.969. The van der Waals surface area contributed by atoms with Gasteiger partial charge in [0.1, 0.15) is 9.88 Å². The van der Waals surface area contributed by atoms with Crippen molar-refractivity contribution in [2.24, 2.45) is 0 Å². The summed E-state index contributed by atoms with van der Waals surface area (Å²) in [7, 11) is 1.85. The molecular formula is C15H19N3OS2. The van der Waals surface area contributed by atoms with Crippen LogP contribution in [0.2, 0.25) is 0 Å². The Kier molecular flexibility index (Phi) is 5.36. The fraction of sp³-hybridized carbons (Fsp3) is 0.400. The van der Waals surface area contributed by atoms with Crippen LogP contribution in [0, 0.1) is 6.92 Å². The highest BCUT2D eigenvalue weighted by Crippen LogP contribution is 2.28. The number of rotatable bonds is 5. The van der Waals surface area contributed by atoms with Crippen molar-refractivity contribution in [2.75, 3.05) is 19.1 Å². The van der Waals surface area contributed by atoms with Gasteiger partial charge in [0.05, 0.1) is 5.69 Å². The Morgan fingerprint density at radius 3 is 2.90 bits per heavy atom. The minimum atomic E-state index is 0.0432. The number of pyridine rings is 1. The molecule has 1 unspecified atom stereocenters. The molecule has 4 nitrogen and oxygen atoms in total. The van der Waals surface area contributed by atoms with Crippen LogP contribution >= 0.6 is 23.1 Å². The zero-order valence-corrected chi connectivity index (χ0v) is 14.3. The third kappa shape index (κ3) is 3.63. The minimum absolute atomic E-state index is 0.0432. The van der Waals surface area contributed by atoms with Crippen molar-refractivity contribution in [2.45, 2.75) is 19.9 Å². The second-order valence-electron chi connectivity index (χ2n) is 4.90. The van der Waals surface area contributed by atoms with Gasteiger partial charge in [-0.1, -0.05) is 0 Å². The van der Waals surface area contributed by atoms with Crippen LogP contribution < -0.4 is 0 Å². The molecule has 2 rings (SSSR count). The van der Waals surface area contributed by atoms with Crippen molar-refractivity contribution in [1.29, 1.82) is 0 Å². The van der Waals surface area contributed by atoms with Crippen molar-refractivity contribution < 1.29 is 4.79 Å². The third-order valence-corrected chi connectivity index (χ3v) is 5.30. The number of thioether (sulfide) groups is 1. The van der Waals surface area contributed by atoms with E-state index < -0.39 is 0 Å². The highest BCUT2D eigenvalue weighted by Gasteiger charge is 2.22. The van der Waals surface area contributed by atoms with Gasteiger partial charge in [-0.3, -0.25) is 9.78 Å². The number of carbonyl (C=O) groups is 1. The smallest absolute Gasteiger partial charge is 0.265 e. The van der Waals surface area contributed by atoms with Gasteiger partial charge in [-0.05, 0) is 32.2 Å². The van der Waals surface area contributed by atoms with Crippen LogP contribution in [0.3, 0.4) is 0 Å². The molecule has 2 heterocycles. The molecule has 1 amide bonds. The second kappa shape index (κ2) is 7.04. The molecule has 0 bridgehead atoms. The zero-order chi connectivity index (χ0) is 15.4. The molecule has 2 aromatic rings. The maximum absolute atomic E-state index is 12.6. The maximum Gasteiger partial charge on any atom is 0.265 e. The van der Waals surface area contributed by atoms with Crippen molar-refractivity contribution in [1.82, 2.24) is 14.9 Å². The number of nitrogens with zero attached hydrogens (tertiary/aromatic N) is 3. The average molecular weight is 321 g/mol. The molecule has 0 fully saturated rings. The number of thiazole rings is 1. The van der Waals surface area contributed by atoms with Crippen molar-refractivity contribution in [3.8, 4) is 10.6 Å². The number of aryl methyl sites for hydroxylation is 1. The number of amides is 1. The van der Waals surface area contributed by atoms with Gasteiger partial charge in [0.2, 0.25) is 0 Å². The predicted octanol–water partition coefficient (Wildman–Crippen LogP) is 3.34. The highest BCUT2D eigenvalue weighted by atomic mass is 32.2. The first-order chi connectivity index (χ1) is 10.0. The molecule has 0 aliphatic heterocycles. The summed E-state index contributed by atoms with van der Waals surface area (Å²) < 4.78 is 0. The Morgan fingerprint density at radius 2 is 2.29 bits per heavy atom. The normalized spacial score (nSPS) is 12.2. The van der Waals surface area contributed by atoms with Crippen LogP contribution in [0.1, 0.15) is 22.3 Å². The van der Waals surface area contributed by atoms with E-state index >= 15 is 0 Å². The van der Waals surface area contributed by atoms with Crippen LogP contribution in [0.4, 0.5) is 0 Å². The first-order valence-electron chi connectivity index (χ1n) is 6.68. The summed E-state index contributed by atoms with van der Waals surface area (Å²) in [6.45, 7) is 3.95. The van der Waals surface area contributed by atoms with Gasteiger partial charge in [-0.2, -0.15) is 11.8 Å². The molecule has 6 heteroatoms. The predicted molar refractivity (Wildman–Crippen MR) is 90.0 cm³/mol. The fourth-order valence-electron chi connectivity index (χ4n) is 1.92. The van der Waals surface area contributed by atoms with Crippen LogP contribution in [-0.4, -0.2) is 45.9 Å². The van der Waals surface area contributed by atoms with Gasteiger partial charge in [-0.25, -0.2) is 4.98 Å². The van der Waals surface area contributed by atoms with E-state index in [-0.39, 0.29) is 11.9 Å². The van der Waals surface area contributed by atoms with E-state index in [0.717, 1.165) is 22.0 Å². The summed E-state index contributed by atoms with van der Waals surface area (Å²) in [6, 6.07) is 4.04. The molecule has 1 atom stereocenters. The summed E-state index contributed by atoms with van der Waals surface area (Å²) in [6.07, 6.45) is 5.55. The number of carbonyl (C=O) groups excluding carboxylic acids is 1. The lowest BCUT2D eigenvalue weighted by molar-refractivity contribution is 0.0761. The van der Waals surface area contributed by atoms with Crippen molar-refractivity contribution in [3.63, 3.8) is 0 Å². The highest BCUT2D eigenvalue weighted by molar-refractivity contribution is 7.98. The molecule has 0 radical (unpaired) electrons. The molecule has 0 aliphatic carbocycles. The van der Waals surface area contributed by atoms with Gasteiger partial charge in [0.15, 0.2) is 0 Å². The molecule has 2 aromatic heterocycles. The van der Waals surface area contributed by atoms with E-state index in [1.807, 2.05) is 32.4 Å². The van der Waals surface area contributed by atoms with Crippen molar-refractivity contribution >= 4 is 29.0 Å². The zero-order valence-electron chi connectivity index (χ0n) is 12.7. The van der Waals surface area contributed by atoms with Gasteiger partial charge in [0, 0.05) is 36.8 Å². The first-order valence-corrected chi connectivity index (χ1v) is 8.89. The standard InChI is InChI=1S/C15H19N3OS2/c1-10(9-20-4)18(3)15(19)13-11(2)17-14(21-13)12-6-5-7-16-8-12/h5-8,10H,9H2,1-4H3. The van der Waals surface area contributed by atoms with Crippen LogP contribution in [-0.2, 0) is 0 Å². The summed E-state index contributed by atoms with van der Waals surface area (Å²) in [5.41, 5.74) is 1.73. The molecule has 0 spiro atoms. The van der Waals surface area contributed by atoms with E-state index in [1.54, 1.807) is 29.1 Å². The lowest BCUT2D eigenvalue weighted by atomic mass is 10.3. The number of hydrogen-bond donors (Lipinski definition) is 0. The monoisotopic (exact) mass is 321 g/mol. The van der Waals surface area contributed by atoms with E-state index in [1.165, 1.54) is 11.3 Å². The largest absolute Gasteiger partial charge is 0.337 e. The molecule has 112 valence electrons. The van der Waals surface area contributed by atoms with Crippen LogP contribution in [0.15, 0.2) is 24.5 Å². The Hall–Kier alpha value is -1.40. The molecule has 0 N–H and O–H groups in total. The van der Waals surface area contributed by atoms with E-state index in [9.17, 15) is 4.79 Å². The maximum atomic E-state index is 12.6. The summed E-state index contributed by atoms with van der Waals surface area (Å²) in [4.78, 5) is 23.7. The Morgan fingerprint density at radius 1 is 1.52 bits per heavy atom. The molecule has 21 heavy (non-hydrogen) atoms. The second-order valence-corrected chi connectivity index (χ2v) is 6.81. The van der Waals surface area contributed by atoms with E-state index in [2.05, 4.69) is 16.9 Å². The minimum Gasteiger partial charge on any atom is -0.337 e.